The predicted molar refractivity (Wildman–Crippen MR) is 82.7 cm³/mol. The van der Waals surface area contributed by atoms with Gasteiger partial charge in [0.15, 0.2) is 5.78 Å². The zero-order valence-corrected chi connectivity index (χ0v) is 14.6. The van der Waals surface area contributed by atoms with Crippen molar-refractivity contribution in [3.05, 3.63) is 0 Å². The van der Waals surface area contributed by atoms with Crippen LogP contribution in [0.4, 0.5) is 0 Å². The van der Waals surface area contributed by atoms with Crippen LogP contribution in [0.1, 0.15) is 57.8 Å². The van der Waals surface area contributed by atoms with E-state index in [1.807, 2.05) is 0 Å². The van der Waals surface area contributed by atoms with Gasteiger partial charge < -0.3 is 4.74 Å². The topological polar surface area (TPSA) is 43.4 Å². The number of carbonyl (C=O) groups excluding carboxylic acids is 2. The molecule has 1 unspecified atom stereocenters. The van der Waals surface area contributed by atoms with Crippen molar-refractivity contribution >= 4 is 43.6 Å². The third kappa shape index (κ3) is 5.54. The molecule has 0 saturated heterocycles. The first-order chi connectivity index (χ1) is 8.98. The van der Waals surface area contributed by atoms with Gasteiger partial charge in [0.2, 0.25) is 0 Å². The van der Waals surface area contributed by atoms with Crippen LogP contribution in [-0.2, 0) is 14.3 Å². The highest BCUT2D eigenvalue weighted by molar-refractivity contribution is 9.26. The molecular weight excluding hydrogens is 376 g/mol. The monoisotopic (exact) mass is 396 g/mol. The first-order valence-electron chi connectivity index (χ1n) is 6.96. The minimum absolute atomic E-state index is 0.111. The molecular formula is C14H22Br2O3. The second kappa shape index (κ2) is 8.40. The third-order valence-electron chi connectivity index (χ3n) is 3.73. The Morgan fingerprint density at radius 1 is 1.21 bits per heavy atom. The van der Waals surface area contributed by atoms with Crippen molar-refractivity contribution in [2.45, 2.75) is 61.0 Å². The number of alkyl halides is 2. The normalized spacial score (nSPS) is 21.0. The molecule has 0 aromatic carbocycles. The highest BCUT2D eigenvalue weighted by Crippen LogP contribution is 2.49. The average Bonchev–Trinajstić information content (AvgIpc) is 2.40. The molecule has 1 saturated carbocycles. The lowest BCUT2D eigenvalue weighted by Crippen LogP contribution is -2.46. The number of hydrogen-bond donors (Lipinski definition) is 0. The smallest absolute Gasteiger partial charge is 0.305 e. The van der Waals surface area contributed by atoms with Crippen LogP contribution in [0.15, 0.2) is 0 Å². The van der Waals surface area contributed by atoms with E-state index >= 15 is 0 Å². The van der Waals surface area contributed by atoms with Crippen molar-refractivity contribution in [1.29, 1.82) is 0 Å². The van der Waals surface area contributed by atoms with Gasteiger partial charge in [-0.1, -0.05) is 64.0 Å². The molecule has 0 radical (unpaired) electrons. The first kappa shape index (κ1) is 17.2. The van der Waals surface area contributed by atoms with Gasteiger partial charge in [-0.15, -0.1) is 0 Å². The summed E-state index contributed by atoms with van der Waals surface area (Å²) in [6.45, 7) is 0. The van der Waals surface area contributed by atoms with E-state index in [1.54, 1.807) is 0 Å². The van der Waals surface area contributed by atoms with E-state index in [9.17, 15) is 9.59 Å². The maximum Gasteiger partial charge on any atom is 0.305 e. The summed E-state index contributed by atoms with van der Waals surface area (Å²) in [7, 11) is 1.43. The quantitative estimate of drug-likeness (QED) is 0.330. The summed E-state index contributed by atoms with van der Waals surface area (Å²) in [5.74, 6) is 0.597. The van der Waals surface area contributed by atoms with Gasteiger partial charge in [-0.3, -0.25) is 9.59 Å². The largest absolute Gasteiger partial charge is 0.469 e. The van der Waals surface area contributed by atoms with Crippen molar-refractivity contribution in [2.24, 2.45) is 5.92 Å². The second-order valence-electron chi connectivity index (χ2n) is 5.18. The fourth-order valence-corrected chi connectivity index (χ4v) is 3.44. The van der Waals surface area contributed by atoms with Crippen molar-refractivity contribution in [1.82, 2.24) is 0 Å². The molecule has 0 aromatic rings. The summed E-state index contributed by atoms with van der Waals surface area (Å²) in [6.07, 6.45) is 9.13. The van der Waals surface area contributed by atoms with Crippen molar-refractivity contribution < 1.29 is 14.3 Å². The van der Waals surface area contributed by atoms with Crippen molar-refractivity contribution in [2.75, 3.05) is 7.11 Å². The molecule has 19 heavy (non-hydrogen) atoms. The molecule has 0 amide bonds. The van der Waals surface area contributed by atoms with Crippen LogP contribution in [0.2, 0.25) is 0 Å². The average molecular weight is 398 g/mol. The Morgan fingerprint density at radius 2 is 1.79 bits per heavy atom. The fraction of sp³-hybridized carbons (Fsp3) is 0.857. The van der Waals surface area contributed by atoms with Crippen LogP contribution in [-0.4, -0.2) is 22.1 Å². The van der Waals surface area contributed by atoms with Crippen LogP contribution in [0.3, 0.4) is 0 Å². The van der Waals surface area contributed by atoms with E-state index in [1.165, 1.54) is 32.8 Å². The van der Waals surface area contributed by atoms with Gasteiger partial charge in [0.05, 0.1) is 7.11 Å². The van der Waals surface area contributed by atoms with E-state index in [2.05, 4.69) is 36.6 Å². The molecule has 1 aliphatic rings. The molecule has 1 fully saturated rings. The molecule has 5 heteroatoms. The number of ether oxygens (including phenoxy) is 1. The number of ketones is 1. The van der Waals surface area contributed by atoms with Gasteiger partial charge in [-0.2, -0.15) is 0 Å². The summed E-state index contributed by atoms with van der Waals surface area (Å²) < 4.78 is 4.16. The summed E-state index contributed by atoms with van der Waals surface area (Å²) in [6, 6.07) is 0. The van der Waals surface area contributed by atoms with Crippen LogP contribution >= 0.6 is 31.9 Å². The van der Waals surface area contributed by atoms with Gasteiger partial charge in [0, 0.05) is 12.8 Å². The minimum Gasteiger partial charge on any atom is -0.469 e. The molecule has 3 nitrogen and oxygen atoms in total. The van der Waals surface area contributed by atoms with Crippen LogP contribution in [0.5, 0.6) is 0 Å². The lowest BCUT2D eigenvalue weighted by Gasteiger charge is -2.38. The highest BCUT2D eigenvalue weighted by Gasteiger charge is 2.50. The summed E-state index contributed by atoms with van der Waals surface area (Å²) >= 11 is 6.89. The molecule has 0 N–H and O–H groups in total. The summed E-state index contributed by atoms with van der Waals surface area (Å²) in [4.78, 5) is 22.2. The number of esters is 1. The number of halogens is 2. The molecule has 0 heterocycles. The Bertz CT molecular complexity index is 316. The first-order valence-corrected chi connectivity index (χ1v) is 8.55. The van der Waals surface area contributed by atoms with Gasteiger partial charge in [0.1, 0.15) is 3.23 Å². The molecule has 0 spiro atoms. The Kier molecular flexibility index (Phi) is 7.58. The van der Waals surface area contributed by atoms with E-state index in [0.717, 1.165) is 19.3 Å². The fourth-order valence-electron chi connectivity index (χ4n) is 2.34. The number of unbranched alkanes of at least 4 members (excludes halogenated alkanes) is 5. The summed E-state index contributed by atoms with van der Waals surface area (Å²) in [5.41, 5.74) is 0. The SMILES string of the molecule is COC(=O)CCCCCCCCC1CC(=O)C1(Br)Br. The molecule has 1 aliphatic carbocycles. The standard InChI is InChI=1S/C14H22Br2O3/c1-19-13(18)9-7-5-3-2-4-6-8-11-10-12(17)14(11,15)16/h11H,2-10H2,1H3. The number of hydrogen-bond acceptors (Lipinski definition) is 3. The van der Waals surface area contributed by atoms with Crippen molar-refractivity contribution in [3.8, 4) is 0 Å². The highest BCUT2D eigenvalue weighted by atomic mass is 79.9. The summed E-state index contributed by atoms with van der Waals surface area (Å²) in [5, 5.41) is 0. The predicted octanol–water partition coefficient (Wildman–Crippen LogP) is 4.36. The zero-order chi connectivity index (χ0) is 14.3. The number of rotatable bonds is 9. The Labute approximate surface area is 132 Å². The van der Waals surface area contributed by atoms with Gasteiger partial charge in [0.25, 0.3) is 0 Å². The van der Waals surface area contributed by atoms with E-state index in [4.69, 9.17) is 0 Å². The van der Waals surface area contributed by atoms with Crippen molar-refractivity contribution in [3.63, 3.8) is 0 Å². The Balaban J connectivity index is 1.90. The zero-order valence-electron chi connectivity index (χ0n) is 11.4. The molecule has 110 valence electrons. The van der Waals surface area contributed by atoms with Gasteiger partial charge >= 0.3 is 5.97 Å². The lowest BCUT2D eigenvalue weighted by molar-refractivity contribution is -0.140. The number of Topliss-reactive ketones (excluding diaryl/α,β-unsaturated/α-hetero) is 1. The van der Waals surface area contributed by atoms with Gasteiger partial charge in [-0.05, 0) is 18.8 Å². The second-order valence-corrected chi connectivity index (χ2v) is 8.75. The van der Waals surface area contributed by atoms with E-state index < -0.39 is 3.23 Å². The van der Waals surface area contributed by atoms with Gasteiger partial charge in [-0.25, -0.2) is 0 Å². The van der Waals surface area contributed by atoms with Crippen LogP contribution < -0.4 is 0 Å². The Morgan fingerprint density at radius 3 is 2.32 bits per heavy atom. The molecule has 1 rings (SSSR count). The van der Waals surface area contributed by atoms with E-state index in [0.29, 0.717) is 18.8 Å². The number of carbonyl (C=O) groups is 2. The Hall–Kier alpha value is 0.1000. The number of methoxy groups -OCH3 is 1. The molecule has 0 bridgehead atoms. The van der Waals surface area contributed by atoms with Crippen LogP contribution in [0.25, 0.3) is 0 Å². The molecule has 1 atom stereocenters. The lowest BCUT2D eigenvalue weighted by atomic mass is 9.80. The minimum atomic E-state index is -0.430. The van der Waals surface area contributed by atoms with Crippen LogP contribution in [0, 0.1) is 5.92 Å². The maximum absolute atomic E-state index is 11.3. The molecule has 0 aliphatic heterocycles. The third-order valence-corrected chi connectivity index (χ3v) is 5.91. The molecule has 0 aromatic heterocycles. The van der Waals surface area contributed by atoms with E-state index in [-0.39, 0.29) is 11.8 Å². The maximum atomic E-state index is 11.3.